The van der Waals surface area contributed by atoms with Gasteiger partial charge in [-0.05, 0) is 19.3 Å². The molecular weight excluding hydrogens is 494 g/mol. The highest BCUT2D eigenvalue weighted by Crippen LogP contribution is 2.18. The van der Waals surface area contributed by atoms with Gasteiger partial charge in [0.05, 0.1) is 12.7 Å². The lowest BCUT2D eigenvalue weighted by Crippen LogP contribution is -2.59. The van der Waals surface area contributed by atoms with Gasteiger partial charge in [-0.25, -0.2) is 0 Å². The van der Waals surface area contributed by atoms with E-state index in [1.807, 2.05) is 6.08 Å². The molecule has 0 amide bonds. The van der Waals surface area contributed by atoms with E-state index in [9.17, 15) is 15.0 Å². The summed E-state index contributed by atoms with van der Waals surface area (Å²) in [7, 11) is 0. The molecule has 0 aromatic carbocycles. The van der Waals surface area contributed by atoms with E-state index < -0.39 is 18.2 Å². The Balaban J connectivity index is 3.77. The third-order valence-electron chi connectivity index (χ3n) is 8.61. The Kier molecular flexibility index (Phi) is 29.2. The molecule has 0 unspecified atom stereocenters. The van der Waals surface area contributed by atoms with Crippen molar-refractivity contribution < 1.29 is 15.0 Å². The molecule has 0 radical (unpaired) electrons. The summed E-state index contributed by atoms with van der Waals surface area (Å²) in [5.74, 6) is -0.225. The van der Waals surface area contributed by atoms with Gasteiger partial charge in [-0.3, -0.25) is 4.79 Å². The van der Waals surface area contributed by atoms with Gasteiger partial charge in [-0.2, -0.15) is 0 Å². The van der Waals surface area contributed by atoms with Crippen molar-refractivity contribution in [2.45, 2.75) is 205 Å². The van der Waals surface area contributed by atoms with Crippen LogP contribution in [0.4, 0.5) is 0 Å². The number of Topliss-reactive ketones (excluding diaryl/α,β-unsaturated/α-hetero) is 1. The zero-order valence-corrected chi connectivity index (χ0v) is 27.1. The van der Waals surface area contributed by atoms with Crippen molar-refractivity contribution in [3.8, 4) is 0 Å². The highest BCUT2D eigenvalue weighted by Gasteiger charge is 2.38. The lowest BCUT2D eigenvalue weighted by atomic mass is 9.86. The number of unbranched alkanes of at least 4 members (excludes halogenated alkanes) is 25. The Morgan fingerprint density at radius 1 is 0.600 bits per heavy atom. The summed E-state index contributed by atoms with van der Waals surface area (Å²) < 4.78 is 0. The highest BCUT2D eigenvalue weighted by atomic mass is 16.3. The molecule has 0 aromatic heterocycles. The predicted octanol–water partition coefficient (Wildman–Crippen LogP) is 10.1. The first-order valence-corrected chi connectivity index (χ1v) is 17.8. The minimum atomic E-state index is -1.58. The molecule has 0 rings (SSSR count). The molecule has 0 aliphatic heterocycles. The zero-order valence-electron chi connectivity index (χ0n) is 27.1. The molecule has 0 aromatic rings. The number of hydrogen-bond donors (Lipinski definition) is 3. The van der Waals surface area contributed by atoms with Gasteiger partial charge in [-0.1, -0.05) is 180 Å². The number of aliphatic hydroxyl groups is 2. The molecular formula is C36H71NO3. The maximum atomic E-state index is 12.7. The highest BCUT2D eigenvalue weighted by molar-refractivity contribution is 5.89. The number of carbonyl (C=O) groups excluding carboxylic acids is 1. The number of nitrogens with two attached hydrogens (primary N) is 1. The van der Waals surface area contributed by atoms with Crippen molar-refractivity contribution in [3.63, 3.8) is 0 Å². The van der Waals surface area contributed by atoms with Gasteiger partial charge < -0.3 is 15.9 Å². The van der Waals surface area contributed by atoms with Crippen molar-refractivity contribution in [2.75, 3.05) is 6.61 Å². The first kappa shape index (κ1) is 39.3. The van der Waals surface area contributed by atoms with Gasteiger partial charge in [0.2, 0.25) is 0 Å². The molecule has 0 fully saturated rings. The van der Waals surface area contributed by atoms with Gasteiger partial charge >= 0.3 is 0 Å². The Morgan fingerprint density at radius 3 is 1.27 bits per heavy atom. The largest absolute Gasteiger partial charge is 0.394 e. The molecule has 238 valence electrons. The fourth-order valence-electron chi connectivity index (χ4n) is 5.56. The van der Waals surface area contributed by atoms with E-state index in [4.69, 9.17) is 5.73 Å². The average Bonchev–Trinajstić information content (AvgIpc) is 2.96. The van der Waals surface area contributed by atoms with E-state index in [0.29, 0.717) is 6.42 Å². The SMILES string of the molecule is CCCCCCCCCCCCC/C=C\[C@@H](O)[C@@](N)(CO)C(=O)CCCCCCCCCCCCCCCCC. The van der Waals surface area contributed by atoms with E-state index in [2.05, 4.69) is 13.8 Å². The molecule has 4 heteroatoms. The average molecular weight is 566 g/mol. The van der Waals surface area contributed by atoms with Crippen LogP contribution in [-0.4, -0.2) is 34.2 Å². The third-order valence-corrected chi connectivity index (χ3v) is 8.61. The fourth-order valence-corrected chi connectivity index (χ4v) is 5.56. The Labute approximate surface area is 250 Å². The van der Waals surface area contributed by atoms with Gasteiger partial charge in [-0.15, -0.1) is 0 Å². The molecule has 0 aliphatic rings. The summed E-state index contributed by atoms with van der Waals surface area (Å²) in [6.45, 7) is 4.01. The summed E-state index contributed by atoms with van der Waals surface area (Å²) in [6.07, 6.45) is 37.3. The van der Waals surface area contributed by atoms with Crippen LogP contribution in [0.5, 0.6) is 0 Å². The first-order chi connectivity index (χ1) is 19.5. The number of carbonyl (C=O) groups is 1. The quantitative estimate of drug-likeness (QED) is 0.0559. The molecule has 0 aliphatic carbocycles. The van der Waals surface area contributed by atoms with Crippen LogP contribution in [0, 0.1) is 0 Å². The second-order valence-corrected chi connectivity index (χ2v) is 12.5. The van der Waals surface area contributed by atoms with Gasteiger partial charge in [0.15, 0.2) is 5.78 Å². The standard InChI is InChI=1S/C36H71NO3/c1-3-5-7-9-11-13-15-17-18-20-22-24-26-28-30-32-35(40)36(37,33-38)34(39)31-29-27-25-23-21-19-16-14-12-10-8-6-4-2/h29,31,34,38-39H,3-28,30,32-33,37H2,1-2H3/b31-29-/t34-,36+/m1/s1. The van der Waals surface area contributed by atoms with Crippen molar-refractivity contribution in [3.05, 3.63) is 12.2 Å². The van der Waals surface area contributed by atoms with Crippen LogP contribution in [-0.2, 0) is 4.79 Å². The summed E-state index contributed by atoms with van der Waals surface area (Å²) in [5, 5.41) is 20.4. The van der Waals surface area contributed by atoms with Crippen molar-refractivity contribution in [1.29, 1.82) is 0 Å². The monoisotopic (exact) mass is 566 g/mol. The van der Waals surface area contributed by atoms with Crippen LogP contribution in [0.1, 0.15) is 194 Å². The van der Waals surface area contributed by atoms with Gasteiger partial charge in [0.1, 0.15) is 5.54 Å². The lowest BCUT2D eigenvalue weighted by Gasteiger charge is -2.29. The number of allylic oxidation sites excluding steroid dienone is 1. The molecule has 0 saturated carbocycles. The molecule has 0 bridgehead atoms. The van der Waals surface area contributed by atoms with Crippen LogP contribution in [0.25, 0.3) is 0 Å². The summed E-state index contributed by atoms with van der Waals surface area (Å²) in [6, 6.07) is 0. The maximum Gasteiger partial charge on any atom is 0.158 e. The van der Waals surface area contributed by atoms with Crippen molar-refractivity contribution >= 4 is 5.78 Å². The van der Waals surface area contributed by atoms with Crippen LogP contribution >= 0.6 is 0 Å². The zero-order chi connectivity index (χ0) is 29.6. The molecule has 4 nitrogen and oxygen atoms in total. The third kappa shape index (κ3) is 22.9. The first-order valence-electron chi connectivity index (χ1n) is 17.8. The predicted molar refractivity (Wildman–Crippen MR) is 175 cm³/mol. The summed E-state index contributed by atoms with van der Waals surface area (Å²) in [4.78, 5) is 12.7. The van der Waals surface area contributed by atoms with E-state index in [1.165, 1.54) is 141 Å². The second-order valence-electron chi connectivity index (χ2n) is 12.5. The topological polar surface area (TPSA) is 83.6 Å². The minimum Gasteiger partial charge on any atom is -0.394 e. The molecule has 0 spiro atoms. The molecule has 2 atom stereocenters. The van der Waals surface area contributed by atoms with Crippen LogP contribution in [0.2, 0.25) is 0 Å². The molecule has 0 saturated heterocycles. The van der Waals surface area contributed by atoms with Gasteiger partial charge in [0, 0.05) is 6.42 Å². The molecule has 40 heavy (non-hydrogen) atoms. The Bertz CT molecular complexity index is 564. The summed E-state index contributed by atoms with van der Waals surface area (Å²) >= 11 is 0. The van der Waals surface area contributed by atoms with Gasteiger partial charge in [0.25, 0.3) is 0 Å². The number of rotatable bonds is 32. The van der Waals surface area contributed by atoms with Crippen LogP contribution < -0.4 is 5.73 Å². The van der Waals surface area contributed by atoms with Crippen molar-refractivity contribution in [2.24, 2.45) is 5.73 Å². The van der Waals surface area contributed by atoms with E-state index in [1.54, 1.807) is 6.08 Å². The smallest absolute Gasteiger partial charge is 0.158 e. The van der Waals surface area contributed by atoms with Crippen LogP contribution in [0.15, 0.2) is 12.2 Å². The van der Waals surface area contributed by atoms with E-state index in [-0.39, 0.29) is 5.78 Å². The van der Waals surface area contributed by atoms with E-state index in [0.717, 1.165) is 32.1 Å². The molecule has 0 heterocycles. The minimum absolute atomic E-state index is 0.225. The Morgan fingerprint density at radius 2 is 0.925 bits per heavy atom. The normalized spacial score (nSPS) is 14.1. The second kappa shape index (κ2) is 29.8. The molecule has 4 N–H and O–H groups in total. The number of hydrogen-bond acceptors (Lipinski definition) is 4. The summed E-state index contributed by atoms with van der Waals surface area (Å²) in [5.41, 5.74) is 4.61. The Hall–Kier alpha value is -0.710. The van der Waals surface area contributed by atoms with Crippen molar-refractivity contribution in [1.82, 2.24) is 0 Å². The fraction of sp³-hybridized carbons (Fsp3) is 0.917. The van der Waals surface area contributed by atoms with Crippen LogP contribution in [0.3, 0.4) is 0 Å². The number of aliphatic hydroxyl groups excluding tert-OH is 2. The maximum absolute atomic E-state index is 12.7. The number of ketones is 1. The lowest BCUT2D eigenvalue weighted by molar-refractivity contribution is -0.129. The van der Waals surface area contributed by atoms with E-state index >= 15 is 0 Å².